The summed E-state index contributed by atoms with van der Waals surface area (Å²) in [5, 5.41) is 11.3. The monoisotopic (exact) mass is 438 g/mol. The van der Waals surface area contributed by atoms with Crippen LogP contribution in [0.25, 0.3) is 11.4 Å². The summed E-state index contributed by atoms with van der Waals surface area (Å²) in [7, 11) is 0. The normalized spacial score (nSPS) is 13.2. The number of aromatic nitrogens is 3. The second kappa shape index (κ2) is 9.80. The second-order valence-electron chi connectivity index (χ2n) is 7.58. The molecule has 1 amide bonds. The van der Waals surface area contributed by atoms with Gasteiger partial charge in [-0.1, -0.05) is 6.42 Å². The first-order valence-electron chi connectivity index (χ1n) is 11.0. The number of anilines is 1. The van der Waals surface area contributed by atoms with Gasteiger partial charge in [-0.3, -0.25) is 4.79 Å². The third kappa shape index (κ3) is 4.59. The highest BCUT2D eigenvalue weighted by molar-refractivity contribution is 6.05. The predicted octanol–water partition coefficient (Wildman–Crippen LogP) is 4.86. The Kier molecular flexibility index (Phi) is 6.68. The zero-order chi connectivity index (χ0) is 22.5. The van der Waals surface area contributed by atoms with Crippen LogP contribution in [0, 0.1) is 5.82 Å². The molecule has 0 bridgehead atoms. The van der Waals surface area contributed by atoms with E-state index < -0.39 is 11.7 Å². The van der Waals surface area contributed by atoms with Crippen LogP contribution in [0.1, 0.15) is 49.3 Å². The number of nitrogens with one attached hydrogen (secondary N) is 1. The molecule has 1 aromatic heterocycles. The van der Waals surface area contributed by atoms with Crippen LogP contribution in [-0.4, -0.2) is 33.9 Å². The topological polar surface area (TPSA) is 78.3 Å². The lowest BCUT2D eigenvalue weighted by molar-refractivity contribution is 0.102. The number of hydrogen-bond acceptors (Lipinski definition) is 5. The Morgan fingerprint density at radius 3 is 2.66 bits per heavy atom. The number of nitrogens with zero attached hydrogens (tertiary/aromatic N) is 3. The van der Waals surface area contributed by atoms with Crippen molar-refractivity contribution in [1.82, 2.24) is 14.8 Å². The minimum Gasteiger partial charge on any atom is -0.490 e. The smallest absolute Gasteiger partial charge is 0.255 e. The van der Waals surface area contributed by atoms with Gasteiger partial charge in [0, 0.05) is 24.1 Å². The number of hydrogen-bond donors (Lipinski definition) is 1. The van der Waals surface area contributed by atoms with Crippen LogP contribution >= 0.6 is 0 Å². The molecule has 2 heterocycles. The Morgan fingerprint density at radius 1 is 1.03 bits per heavy atom. The van der Waals surface area contributed by atoms with Crippen molar-refractivity contribution in [3.8, 4) is 22.9 Å². The highest BCUT2D eigenvalue weighted by Gasteiger charge is 2.18. The summed E-state index contributed by atoms with van der Waals surface area (Å²) in [6, 6.07) is 9.52. The second-order valence-corrected chi connectivity index (χ2v) is 7.58. The molecular weight excluding hydrogens is 411 g/mol. The maximum atomic E-state index is 14.6. The van der Waals surface area contributed by atoms with Crippen LogP contribution in [0.4, 0.5) is 10.1 Å². The molecule has 4 rings (SSSR count). The van der Waals surface area contributed by atoms with Crippen LogP contribution in [0.15, 0.2) is 36.4 Å². The highest BCUT2D eigenvalue weighted by atomic mass is 19.1. The maximum absolute atomic E-state index is 14.6. The van der Waals surface area contributed by atoms with Crippen molar-refractivity contribution in [2.24, 2.45) is 0 Å². The first-order valence-corrected chi connectivity index (χ1v) is 11.0. The van der Waals surface area contributed by atoms with Gasteiger partial charge in [0.1, 0.15) is 11.6 Å². The molecule has 32 heavy (non-hydrogen) atoms. The molecule has 0 aliphatic carbocycles. The van der Waals surface area contributed by atoms with Crippen molar-refractivity contribution in [3.63, 3.8) is 0 Å². The molecule has 0 radical (unpaired) electrons. The molecule has 1 N–H and O–H groups in total. The molecule has 0 spiro atoms. The molecule has 0 atom stereocenters. The fourth-order valence-corrected chi connectivity index (χ4v) is 3.85. The lowest BCUT2D eigenvalue weighted by Gasteiger charge is -2.13. The summed E-state index contributed by atoms with van der Waals surface area (Å²) in [5.41, 5.74) is 1.15. The van der Waals surface area contributed by atoms with E-state index in [9.17, 15) is 9.18 Å². The fraction of sp³-hybridized carbons (Fsp3) is 0.375. The van der Waals surface area contributed by atoms with Gasteiger partial charge in [0.05, 0.1) is 18.9 Å². The van der Waals surface area contributed by atoms with Gasteiger partial charge in [-0.15, -0.1) is 10.2 Å². The van der Waals surface area contributed by atoms with E-state index in [1.54, 1.807) is 30.3 Å². The standard InChI is InChI=1S/C24H27FN4O3/c1-3-31-20-12-10-17(15-21(20)32-4-2)24(30)26-19-14-16(9-11-18(19)25)23-28-27-22-8-6-5-7-13-29(22)23/h9-12,14-15H,3-8,13H2,1-2H3,(H,26,30). The van der Waals surface area contributed by atoms with Crippen molar-refractivity contribution in [2.45, 2.75) is 46.1 Å². The summed E-state index contributed by atoms with van der Waals surface area (Å²) in [6.45, 7) is 5.48. The highest BCUT2D eigenvalue weighted by Crippen LogP contribution is 2.30. The van der Waals surface area contributed by atoms with E-state index in [4.69, 9.17) is 9.47 Å². The van der Waals surface area contributed by atoms with Gasteiger partial charge >= 0.3 is 0 Å². The van der Waals surface area contributed by atoms with E-state index in [-0.39, 0.29) is 5.69 Å². The zero-order valence-electron chi connectivity index (χ0n) is 18.4. The average molecular weight is 439 g/mol. The minimum absolute atomic E-state index is 0.0883. The molecule has 7 nitrogen and oxygen atoms in total. The van der Waals surface area contributed by atoms with Crippen molar-refractivity contribution < 1.29 is 18.7 Å². The Hall–Kier alpha value is -3.42. The lowest BCUT2D eigenvalue weighted by atomic mass is 10.1. The molecule has 0 fully saturated rings. The SMILES string of the molecule is CCOc1ccc(C(=O)Nc2cc(-c3nnc4n3CCCCC4)ccc2F)cc1OCC. The Labute approximate surface area is 186 Å². The quantitative estimate of drug-likeness (QED) is 0.570. The third-order valence-electron chi connectivity index (χ3n) is 5.39. The van der Waals surface area contributed by atoms with Gasteiger partial charge < -0.3 is 19.4 Å². The maximum Gasteiger partial charge on any atom is 0.255 e. The average Bonchev–Trinajstić information content (AvgIpc) is 3.04. The minimum atomic E-state index is -0.520. The van der Waals surface area contributed by atoms with E-state index in [0.717, 1.165) is 38.1 Å². The number of carbonyl (C=O) groups is 1. The molecule has 168 valence electrons. The molecule has 8 heteroatoms. The van der Waals surface area contributed by atoms with E-state index in [1.165, 1.54) is 6.07 Å². The van der Waals surface area contributed by atoms with Gasteiger partial charge in [0.2, 0.25) is 0 Å². The number of halogens is 1. The summed E-state index contributed by atoms with van der Waals surface area (Å²) < 4.78 is 27.8. The number of carbonyl (C=O) groups excluding carboxylic acids is 1. The van der Waals surface area contributed by atoms with Crippen molar-refractivity contribution >= 4 is 11.6 Å². The number of ether oxygens (including phenoxy) is 2. The summed E-state index contributed by atoms with van der Waals surface area (Å²) in [4.78, 5) is 12.9. The lowest BCUT2D eigenvalue weighted by Crippen LogP contribution is -2.14. The summed E-state index contributed by atoms with van der Waals surface area (Å²) in [6.07, 6.45) is 4.19. The molecular formula is C24H27FN4O3. The van der Waals surface area contributed by atoms with Crippen LogP contribution in [0.3, 0.4) is 0 Å². The van der Waals surface area contributed by atoms with Gasteiger partial charge in [-0.05, 0) is 63.1 Å². The largest absolute Gasteiger partial charge is 0.490 e. The molecule has 0 saturated carbocycles. The Bertz CT molecular complexity index is 1110. The van der Waals surface area contributed by atoms with E-state index in [1.807, 2.05) is 13.8 Å². The van der Waals surface area contributed by atoms with Crippen LogP contribution in [0.2, 0.25) is 0 Å². The van der Waals surface area contributed by atoms with Crippen LogP contribution in [0.5, 0.6) is 11.5 Å². The third-order valence-corrected chi connectivity index (χ3v) is 5.39. The summed E-state index contributed by atoms with van der Waals surface area (Å²) in [5.74, 6) is 1.72. The van der Waals surface area contributed by atoms with Gasteiger partial charge in [-0.25, -0.2) is 4.39 Å². The fourth-order valence-electron chi connectivity index (χ4n) is 3.85. The Balaban J connectivity index is 1.60. The molecule has 0 saturated heterocycles. The molecule has 3 aromatic rings. The summed E-state index contributed by atoms with van der Waals surface area (Å²) >= 11 is 0. The van der Waals surface area contributed by atoms with E-state index in [2.05, 4.69) is 20.1 Å². The first kappa shape index (κ1) is 21.8. The van der Waals surface area contributed by atoms with Gasteiger partial charge in [0.15, 0.2) is 17.3 Å². The number of amides is 1. The van der Waals surface area contributed by atoms with Crippen molar-refractivity contribution in [1.29, 1.82) is 0 Å². The zero-order valence-corrected chi connectivity index (χ0v) is 18.4. The van der Waals surface area contributed by atoms with Crippen molar-refractivity contribution in [3.05, 3.63) is 53.6 Å². The molecule has 1 aliphatic heterocycles. The number of fused-ring (bicyclic) bond motifs is 1. The van der Waals surface area contributed by atoms with E-state index >= 15 is 0 Å². The molecule has 1 aliphatic rings. The molecule has 2 aromatic carbocycles. The Morgan fingerprint density at radius 2 is 1.84 bits per heavy atom. The molecule has 0 unspecified atom stereocenters. The first-order chi connectivity index (χ1) is 15.6. The van der Waals surface area contributed by atoms with Gasteiger partial charge in [-0.2, -0.15) is 0 Å². The van der Waals surface area contributed by atoms with Crippen molar-refractivity contribution in [2.75, 3.05) is 18.5 Å². The van der Waals surface area contributed by atoms with Crippen LogP contribution < -0.4 is 14.8 Å². The van der Waals surface area contributed by atoms with E-state index in [0.29, 0.717) is 41.7 Å². The number of rotatable bonds is 7. The van der Waals surface area contributed by atoms with Gasteiger partial charge in [0.25, 0.3) is 5.91 Å². The van der Waals surface area contributed by atoms with Crippen LogP contribution in [-0.2, 0) is 13.0 Å². The number of benzene rings is 2. The number of aryl methyl sites for hydroxylation is 1. The predicted molar refractivity (Wildman–Crippen MR) is 120 cm³/mol.